The van der Waals surface area contributed by atoms with Crippen LogP contribution in [0.3, 0.4) is 0 Å². The molecule has 0 unspecified atom stereocenters. The third kappa shape index (κ3) is 3.46. The average molecular weight is 418 g/mol. The molecule has 1 aromatic carbocycles. The van der Waals surface area contributed by atoms with Crippen molar-refractivity contribution in [3.05, 3.63) is 58.4 Å². The van der Waals surface area contributed by atoms with Gasteiger partial charge in [0.1, 0.15) is 5.69 Å². The molecular formula is C18H19N5O3S2. The number of nitrogens with zero attached hydrogens (tertiary/aromatic N) is 4. The summed E-state index contributed by atoms with van der Waals surface area (Å²) in [5.74, 6) is -0.296. The van der Waals surface area contributed by atoms with Crippen LogP contribution >= 0.6 is 11.3 Å². The van der Waals surface area contributed by atoms with E-state index in [0.717, 1.165) is 16.1 Å². The molecule has 8 nitrogen and oxygen atoms in total. The van der Waals surface area contributed by atoms with Crippen LogP contribution < -0.4 is 5.32 Å². The maximum absolute atomic E-state index is 12.9. The molecule has 28 heavy (non-hydrogen) atoms. The number of fused-ring (bicyclic) bond motifs is 1. The van der Waals surface area contributed by atoms with Gasteiger partial charge in [0, 0.05) is 31.1 Å². The number of anilines is 1. The van der Waals surface area contributed by atoms with Crippen molar-refractivity contribution in [2.45, 2.75) is 24.8 Å². The Morgan fingerprint density at radius 1 is 1.21 bits per heavy atom. The van der Waals surface area contributed by atoms with Crippen LogP contribution in [-0.4, -0.2) is 39.9 Å². The first kappa shape index (κ1) is 18.8. The van der Waals surface area contributed by atoms with E-state index < -0.39 is 10.0 Å². The lowest BCUT2D eigenvalue weighted by molar-refractivity contribution is 0.101. The fourth-order valence-corrected chi connectivity index (χ4v) is 5.56. The number of aryl methyl sites for hydroxylation is 2. The van der Waals surface area contributed by atoms with E-state index in [1.54, 1.807) is 43.6 Å². The lowest BCUT2D eigenvalue weighted by atomic mass is 10.2. The van der Waals surface area contributed by atoms with Crippen molar-refractivity contribution in [1.29, 1.82) is 0 Å². The summed E-state index contributed by atoms with van der Waals surface area (Å²) in [5, 5.41) is 7.22. The molecule has 0 aliphatic carbocycles. The number of rotatable bonds is 4. The SMILES string of the molecule is Cc1ccc(S(=O)(=O)N2CCc3nc(NC(=O)c4ccnn4C)sc3C2)cc1. The third-order valence-corrected chi connectivity index (χ3v) is 7.49. The molecule has 10 heteroatoms. The Hall–Kier alpha value is -2.56. The Balaban J connectivity index is 1.52. The number of carbonyl (C=O) groups excluding carboxylic acids is 1. The number of nitrogens with one attached hydrogen (secondary N) is 1. The molecule has 3 heterocycles. The van der Waals surface area contributed by atoms with Crippen LogP contribution in [0.2, 0.25) is 0 Å². The molecule has 1 amide bonds. The van der Waals surface area contributed by atoms with Crippen LogP contribution in [0.1, 0.15) is 26.6 Å². The summed E-state index contributed by atoms with van der Waals surface area (Å²) in [4.78, 5) is 17.9. The second-order valence-electron chi connectivity index (χ2n) is 6.58. The predicted molar refractivity (Wildman–Crippen MR) is 106 cm³/mol. The number of thiazole rings is 1. The van der Waals surface area contributed by atoms with Gasteiger partial charge in [-0.3, -0.25) is 14.8 Å². The van der Waals surface area contributed by atoms with Crippen molar-refractivity contribution in [2.24, 2.45) is 7.05 Å². The van der Waals surface area contributed by atoms with Gasteiger partial charge in [-0.05, 0) is 25.1 Å². The molecule has 1 aliphatic rings. The molecular weight excluding hydrogens is 398 g/mol. The summed E-state index contributed by atoms with van der Waals surface area (Å²) < 4.78 is 28.8. The number of sulfonamides is 1. The second kappa shape index (κ2) is 7.12. The summed E-state index contributed by atoms with van der Waals surface area (Å²) in [6, 6.07) is 8.47. The molecule has 3 aromatic rings. The fourth-order valence-electron chi connectivity index (χ4n) is 3.05. The van der Waals surface area contributed by atoms with Gasteiger partial charge in [0.25, 0.3) is 5.91 Å². The van der Waals surface area contributed by atoms with Gasteiger partial charge in [0.15, 0.2) is 5.13 Å². The first-order valence-electron chi connectivity index (χ1n) is 8.69. The minimum absolute atomic E-state index is 0.255. The standard InChI is InChI=1S/C18H19N5O3S2/c1-12-3-5-13(6-4-12)28(25,26)23-10-8-14-16(11-23)27-18(20-14)21-17(24)15-7-9-19-22(15)2/h3-7,9H,8,10-11H2,1-2H3,(H,20,21,24). The van der Waals surface area contributed by atoms with Gasteiger partial charge in [-0.2, -0.15) is 9.40 Å². The molecule has 0 radical (unpaired) electrons. The summed E-state index contributed by atoms with van der Waals surface area (Å²) in [6.07, 6.45) is 2.06. The Morgan fingerprint density at radius 3 is 2.64 bits per heavy atom. The highest BCUT2D eigenvalue weighted by atomic mass is 32.2. The summed E-state index contributed by atoms with van der Waals surface area (Å²) in [7, 11) is -1.87. The van der Waals surface area contributed by atoms with Gasteiger partial charge in [-0.1, -0.05) is 17.7 Å². The minimum atomic E-state index is -3.56. The number of hydrogen-bond acceptors (Lipinski definition) is 6. The summed E-state index contributed by atoms with van der Waals surface area (Å²) in [6.45, 7) is 2.54. The normalized spacial score (nSPS) is 14.6. The van der Waals surface area contributed by atoms with Gasteiger partial charge in [-0.15, -0.1) is 11.3 Å². The van der Waals surface area contributed by atoms with Gasteiger partial charge in [0.2, 0.25) is 10.0 Å². The molecule has 0 bridgehead atoms. The van der Waals surface area contributed by atoms with Gasteiger partial charge >= 0.3 is 0 Å². The summed E-state index contributed by atoms with van der Waals surface area (Å²) >= 11 is 1.31. The van der Waals surface area contributed by atoms with E-state index in [-0.39, 0.29) is 17.3 Å². The molecule has 0 atom stereocenters. The second-order valence-corrected chi connectivity index (χ2v) is 9.61. The van der Waals surface area contributed by atoms with E-state index in [1.165, 1.54) is 20.3 Å². The van der Waals surface area contributed by atoms with Crippen molar-refractivity contribution >= 4 is 32.4 Å². The number of benzene rings is 1. The molecule has 0 saturated carbocycles. The smallest absolute Gasteiger partial charge is 0.275 e. The molecule has 1 aliphatic heterocycles. The van der Waals surface area contributed by atoms with Crippen molar-refractivity contribution in [3.8, 4) is 0 Å². The zero-order valence-corrected chi connectivity index (χ0v) is 17.0. The first-order valence-corrected chi connectivity index (χ1v) is 10.9. The maximum Gasteiger partial charge on any atom is 0.275 e. The molecule has 1 N–H and O–H groups in total. The number of carbonyl (C=O) groups is 1. The largest absolute Gasteiger partial charge is 0.296 e. The van der Waals surface area contributed by atoms with Crippen LogP contribution in [0.5, 0.6) is 0 Å². The zero-order valence-electron chi connectivity index (χ0n) is 15.4. The van der Waals surface area contributed by atoms with Crippen LogP contribution in [0, 0.1) is 6.92 Å². The van der Waals surface area contributed by atoms with Crippen molar-refractivity contribution in [3.63, 3.8) is 0 Å². The molecule has 146 valence electrons. The molecule has 4 rings (SSSR count). The van der Waals surface area contributed by atoms with Crippen molar-refractivity contribution in [1.82, 2.24) is 19.1 Å². The topological polar surface area (TPSA) is 97.2 Å². The predicted octanol–water partition coefficient (Wildman–Crippen LogP) is 2.18. The minimum Gasteiger partial charge on any atom is -0.296 e. The quantitative estimate of drug-likeness (QED) is 0.702. The lowest BCUT2D eigenvalue weighted by Crippen LogP contribution is -2.35. The number of aromatic nitrogens is 3. The molecule has 2 aromatic heterocycles. The van der Waals surface area contributed by atoms with Crippen LogP contribution in [0.25, 0.3) is 0 Å². The van der Waals surface area contributed by atoms with Crippen molar-refractivity contribution < 1.29 is 13.2 Å². The fraction of sp³-hybridized carbons (Fsp3) is 0.278. The van der Waals surface area contributed by atoms with Gasteiger partial charge in [-0.25, -0.2) is 13.4 Å². The highest BCUT2D eigenvalue weighted by Crippen LogP contribution is 2.31. The Labute approximate surface area is 166 Å². The van der Waals surface area contributed by atoms with E-state index >= 15 is 0 Å². The zero-order chi connectivity index (χ0) is 19.9. The average Bonchev–Trinajstić information content (AvgIpc) is 3.26. The summed E-state index contributed by atoms with van der Waals surface area (Å²) in [5.41, 5.74) is 2.27. The monoisotopic (exact) mass is 417 g/mol. The van der Waals surface area contributed by atoms with Crippen molar-refractivity contribution in [2.75, 3.05) is 11.9 Å². The van der Waals surface area contributed by atoms with E-state index in [4.69, 9.17) is 0 Å². The maximum atomic E-state index is 12.9. The van der Waals surface area contributed by atoms with E-state index in [9.17, 15) is 13.2 Å². The highest BCUT2D eigenvalue weighted by molar-refractivity contribution is 7.89. The Kier molecular flexibility index (Phi) is 4.77. The number of amides is 1. The Bertz CT molecular complexity index is 1130. The van der Waals surface area contributed by atoms with Gasteiger partial charge in [0.05, 0.1) is 17.1 Å². The Morgan fingerprint density at radius 2 is 1.96 bits per heavy atom. The molecule has 0 fully saturated rings. The van der Waals surface area contributed by atoms with E-state index in [1.807, 2.05) is 6.92 Å². The number of hydrogen-bond donors (Lipinski definition) is 1. The third-order valence-electron chi connectivity index (χ3n) is 4.63. The molecule has 0 spiro atoms. The van der Waals surface area contributed by atoms with E-state index in [0.29, 0.717) is 23.8 Å². The van der Waals surface area contributed by atoms with E-state index in [2.05, 4.69) is 15.4 Å². The first-order chi connectivity index (χ1) is 13.3. The van der Waals surface area contributed by atoms with Crippen LogP contribution in [-0.2, 0) is 30.0 Å². The molecule has 0 saturated heterocycles. The highest BCUT2D eigenvalue weighted by Gasteiger charge is 2.30. The van der Waals surface area contributed by atoms with Crippen LogP contribution in [0.15, 0.2) is 41.4 Å². The lowest BCUT2D eigenvalue weighted by Gasteiger charge is -2.25. The van der Waals surface area contributed by atoms with Crippen LogP contribution in [0.4, 0.5) is 5.13 Å². The van der Waals surface area contributed by atoms with Gasteiger partial charge < -0.3 is 0 Å².